The Balaban J connectivity index is 2.25. The Morgan fingerprint density at radius 3 is 2.33 bits per heavy atom. The molecule has 0 atom stereocenters. The summed E-state index contributed by atoms with van der Waals surface area (Å²) in [5.41, 5.74) is 2.71. The van der Waals surface area contributed by atoms with Gasteiger partial charge in [0.15, 0.2) is 0 Å². The summed E-state index contributed by atoms with van der Waals surface area (Å²) in [6.07, 6.45) is 2.64. The van der Waals surface area contributed by atoms with Crippen LogP contribution in [0.25, 0.3) is 17.2 Å². The molecule has 0 unspecified atom stereocenters. The molecule has 0 radical (unpaired) electrons. The highest BCUT2D eigenvalue weighted by Crippen LogP contribution is 2.23. The van der Waals surface area contributed by atoms with E-state index in [9.17, 15) is 9.90 Å². The minimum absolute atomic E-state index is 0.224. The molecule has 0 bridgehead atoms. The summed E-state index contributed by atoms with van der Waals surface area (Å²) in [4.78, 5) is 10.4. The van der Waals surface area contributed by atoms with Gasteiger partial charge in [-0.15, -0.1) is 0 Å². The number of carboxylic acids is 1. The molecule has 0 spiro atoms. The lowest BCUT2D eigenvalue weighted by Crippen LogP contribution is -1.85. The maximum Gasteiger partial charge on any atom is 0.328 e. The third-order valence-corrected chi connectivity index (χ3v) is 2.51. The third kappa shape index (κ3) is 2.98. The van der Waals surface area contributed by atoms with E-state index in [4.69, 9.17) is 5.11 Å². The average Bonchev–Trinajstić information content (AvgIpc) is 2.37. The number of benzene rings is 2. The van der Waals surface area contributed by atoms with E-state index in [1.807, 2.05) is 30.3 Å². The summed E-state index contributed by atoms with van der Waals surface area (Å²) in [5.74, 6) is -0.741. The van der Waals surface area contributed by atoms with Gasteiger partial charge in [0.05, 0.1) is 0 Å². The molecule has 0 saturated carbocycles. The van der Waals surface area contributed by atoms with E-state index in [1.165, 1.54) is 6.08 Å². The van der Waals surface area contributed by atoms with E-state index in [1.54, 1.807) is 18.2 Å². The monoisotopic (exact) mass is 240 g/mol. The van der Waals surface area contributed by atoms with Crippen LogP contribution in [0.15, 0.2) is 54.6 Å². The van der Waals surface area contributed by atoms with Crippen LogP contribution in [0.3, 0.4) is 0 Å². The van der Waals surface area contributed by atoms with Gasteiger partial charge in [-0.05, 0) is 34.9 Å². The molecule has 0 heterocycles. The van der Waals surface area contributed by atoms with Crippen molar-refractivity contribution in [1.29, 1.82) is 0 Å². The normalized spacial score (nSPS) is 10.7. The van der Waals surface area contributed by atoms with E-state index >= 15 is 0 Å². The van der Waals surface area contributed by atoms with Crippen LogP contribution >= 0.6 is 0 Å². The van der Waals surface area contributed by atoms with Gasteiger partial charge in [-0.25, -0.2) is 4.79 Å². The predicted molar refractivity (Wildman–Crippen MR) is 70.2 cm³/mol. The van der Waals surface area contributed by atoms with Gasteiger partial charge in [0, 0.05) is 6.08 Å². The molecule has 90 valence electrons. The molecular formula is C15H12O3. The number of carboxylic acid groups (broad SMARTS) is 1. The van der Waals surface area contributed by atoms with Crippen molar-refractivity contribution in [1.82, 2.24) is 0 Å². The van der Waals surface area contributed by atoms with Gasteiger partial charge < -0.3 is 10.2 Å². The molecule has 0 aromatic heterocycles. The van der Waals surface area contributed by atoms with Gasteiger partial charge >= 0.3 is 5.97 Å². The van der Waals surface area contributed by atoms with E-state index in [0.717, 1.165) is 22.8 Å². The smallest absolute Gasteiger partial charge is 0.328 e. The van der Waals surface area contributed by atoms with Crippen molar-refractivity contribution in [2.45, 2.75) is 0 Å². The molecule has 2 rings (SSSR count). The largest absolute Gasteiger partial charge is 0.508 e. The molecular weight excluding hydrogens is 228 g/mol. The van der Waals surface area contributed by atoms with Crippen molar-refractivity contribution in [2.24, 2.45) is 0 Å². The van der Waals surface area contributed by atoms with Crippen LogP contribution < -0.4 is 0 Å². The van der Waals surface area contributed by atoms with E-state index < -0.39 is 5.97 Å². The minimum atomic E-state index is -0.966. The van der Waals surface area contributed by atoms with Crippen LogP contribution in [0.2, 0.25) is 0 Å². The lowest BCUT2D eigenvalue weighted by molar-refractivity contribution is -0.131. The second-order valence-corrected chi connectivity index (χ2v) is 3.84. The number of carbonyl (C=O) groups is 1. The molecule has 0 aliphatic rings. The number of aromatic hydroxyl groups is 1. The van der Waals surface area contributed by atoms with Crippen LogP contribution in [-0.2, 0) is 4.79 Å². The molecule has 2 aromatic carbocycles. The molecule has 2 N–H and O–H groups in total. The number of phenols is 1. The molecule has 0 saturated heterocycles. The summed E-state index contributed by atoms with van der Waals surface area (Å²) >= 11 is 0. The fourth-order valence-corrected chi connectivity index (χ4v) is 1.64. The van der Waals surface area contributed by atoms with Crippen LogP contribution in [0.4, 0.5) is 0 Å². The lowest BCUT2D eigenvalue weighted by Gasteiger charge is -2.02. The number of aliphatic carboxylic acids is 1. The van der Waals surface area contributed by atoms with Gasteiger partial charge in [0.2, 0.25) is 0 Å². The second-order valence-electron chi connectivity index (χ2n) is 3.84. The minimum Gasteiger partial charge on any atom is -0.508 e. The summed E-state index contributed by atoms with van der Waals surface area (Å²) in [6, 6.07) is 14.4. The van der Waals surface area contributed by atoms with Gasteiger partial charge in [-0.2, -0.15) is 0 Å². The highest BCUT2D eigenvalue weighted by molar-refractivity contribution is 5.85. The van der Waals surface area contributed by atoms with Crippen molar-refractivity contribution in [3.05, 3.63) is 60.2 Å². The molecule has 0 fully saturated rings. The molecule has 2 aromatic rings. The first-order chi connectivity index (χ1) is 8.65. The fraction of sp³-hybridized carbons (Fsp3) is 0. The van der Waals surface area contributed by atoms with Crippen LogP contribution in [0.5, 0.6) is 5.75 Å². The maximum atomic E-state index is 10.4. The highest BCUT2D eigenvalue weighted by Gasteiger charge is 1.98. The van der Waals surface area contributed by atoms with Crippen LogP contribution in [0.1, 0.15) is 5.56 Å². The zero-order valence-corrected chi connectivity index (χ0v) is 9.58. The number of rotatable bonds is 3. The quantitative estimate of drug-likeness (QED) is 0.810. The second kappa shape index (κ2) is 5.19. The van der Waals surface area contributed by atoms with Crippen molar-refractivity contribution >= 4 is 12.0 Å². The molecule has 0 aliphatic carbocycles. The van der Waals surface area contributed by atoms with Crippen LogP contribution in [0, 0.1) is 0 Å². The summed E-state index contributed by atoms with van der Waals surface area (Å²) in [6.45, 7) is 0. The molecule has 3 heteroatoms. The van der Waals surface area contributed by atoms with Crippen LogP contribution in [-0.4, -0.2) is 16.2 Å². The van der Waals surface area contributed by atoms with Gasteiger partial charge in [-0.1, -0.05) is 36.4 Å². The first-order valence-electron chi connectivity index (χ1n) is 5.45. The van der Waals surface area contributed by atoms with Crippen molar-refractivity contribution in [3.8, 4) is 16.9 Å². The Bertz CT molecular complexity index is 583. The van der Waals surface area contributed by atoms with Crippen molar-refractivity contribution in [2.75, 3.05) is 0 Å². The number of phenolic OH excluding ortho intramolecular Hbond substituents is 1. The zero-order valence-electron chi connectivity index (χ0n) is 9.58. The van der Waals surface area contributed by atoms with E-state index in [2.05, 4.69) is 0 Å². The van der Waals surface area contributed by atoms with E-state index in [0.29, 0.717) is 0 Å². The number of hydrogen-bond donors (Lipinski definition) is 2. The SMILES string of the molecule is O=C(O)C=Cc1ccc(-c2cccc(O)c2)cc1. The summed E-state index contributed by atoms with van der Waals surface area (Å²) in [5, 5.41) is 17.9. The predicted octanol–water partition coefficient (Wildman–Crippen LogP) is 3.16. The summed E-state index contributed by atoms with van der Waals surface area (Å²) in [7, 11) is 0. The maximum absolute atomic E-state index is 10.4. The molecule has 3 nitrogen and oxygen atoms in total. The van der Waals surface area contributed by atoms with Gasteiger partial charge in [0.1, 0.15) is 5.75 Å². The summed E-state index contributed by atoms with van der Waals surface area (Å²) < 4.78 is 0. The Hall–Kier alpha value is -2.55. The van der Waals surface area contributed by atoms with Crippen molar-refractivity contribution < 1.29 is 15.0 Å². The highest BCUT2D eigenvalue weighted by atomic mass is 16.4. The average molecular weight is 240 g/mol. The zero-order chi connectivity index (χ0) is 13.0. The molecule has 0 aliphatic heterocycles. The third-order valence-electron chi connectivity index (χ3n) is 2.51. The Morgan fingerprint density at radius 1 is 1.00 bits per heavy atom. The van der Waals surface area contributed by atoms with Gasteiger partial charge in [-0.3, -0.25) is 0 Å². The Morgan fingerprint density at radius 2 is 1.72 bits per heavy atom. The van der Waals surface area contributed by atoms with Crippen molar-refractivity contribution in [3.63, 3.8) is 0 Å². The Kier molecular flexibility index (Phi) is 3.44. The lowest BCUT2D eigenvalue weighted by atomic mass is 10.0. The first-order valence-corrected chi connectivity index (χ1v) is 5.45. The number of hydrogen-bond acceptors (Lipinski definition) is 2. The first kappa shape index (κ1) is 11.9. The Labute approximate surface area is 105 Å². The van der Waals surface area contributed by atoms with Gasteiger partial charge in [0.25, 0.3) is 0 Å². The molecule has 18 heavy (non-hydrogen) atoms. The molecule has 0 amide bonds. The fourth-order valence-electron chi connectivity index (χ4n) is 1.64. The standard InChI is InChI=1S/C15H12O3/c16-14-3-1-2-13(10-14)12-7-4-11(5-8-12)6-9-15(17)18/h1-10,16H,(H,17,18). The topological polar surface area (TPSA) is 57.5 Å². The van der Waals surface area contributed by atoms with E-state index in [-0.39, 0.29) is 5.75 Å².